The Labute approximate surface area is 116 Å². The molecule has 0 atom stereocenters. The van der Waals surface area contributed by atoms with Crippen molar-refractivity contribution in [1.29, 1.82) is 0 Å². The van der Waals surface area contributed by atoms with Gasteiger partial charge in [0.15, 0.2) is 0 Å². The van der Waals surface area contributed by atoms with Crippen molar-refractivity contribution < 1.29 is 27.8 Å². The van der Waals surface area contributed by atoms with Crippen LogP contribution in [0.2, 0.25) is 0 Å². The van der Waals surface area contributed by atoms with Gasteiger partial charge in [-0.15, -0.1) is 13.2 Å². The number of aromatic hydroxyl groups is 1. The van der Waals surface area contributed by atoms with E-state index in [4.69, 9.17) is 5.73 Å². The monoisotopic (exact) mass is 298 g/mol. The number of aromatic nitrogens is 1. The number of rotatable bonds is 3. The van der Waals surface area contributed by atoms with Crippen molar-refractivity contribution in [3.05, 3.63) is 42.1 Å². The highest BCUT2D eigenvalue weighted by atomic mass is 19.4. The molecular formula is C13H9F3N2O3. The molecule has 0 unspecified atom stereocenters. The Morgan fingerprint density at radius 2 is 1.95 bits per heavy atom. The molecule has 0 radical (unpaired) electrons. The number of nitrogens with zero attached hydrogens (tertiary/aromatic N) is 1. The molecule has 0 aliphatic carbocycles. The number of pyridine rings is 1. The number of nitrogens with two attached hydrogens (primary N) is 1. The van der Waals surface area contributed by atoms with Gasteiger partial charge in [-0.2, -0.15) is 0 Å². The summed E-state index contributed by atoms with van der Waals surface area (Å²) in [7, 11) is 0. The zero-order valence-electron chi connectivity index (χ0n) is 10.4. The fraction of sp³-hybridized carbons (Fsp3) is 0.0769. The average molecular weight is 298 g/mol. The Balaban J connectivity index is 2.45. The number of alkyl halides is 3. The van der Waals surface area contributed by atoms with Crippen molar-refractivity contribution in [3.63, 3.8) is 0 Å². The van der Waals surface area contributed by atoms with Crippen LogP contribution in [0.1, 0.15) is 10.4 Å². The van der Waals surface area contributed by atoms with Gasteiger partial charge >= 0.3 is 6.36 Å². The average Bonchev–Trinajstić information content (AvgIpc) is 2.39. The lowest BCUT2D eigenvalue weighted by Crippen LogP contribution is -2.17. The molecular weight excluding hydrogens is 289 g/mol. The molecule has 3 N–H and O–H groups in total. The van der Waals surface area contributed by atoms with E-state index in [-0.39, 0.29) is 22.6 Å². The zero-order chi connectivity index (χ0) is 15.6. The first-order valence-corrected chi connectivity index (χ1v) is 5.61. The van der Waals surface area contributed by atoms with Crippen LogP contribution in [0.4, 0.5) is 13.2 Å². The van der Waals surface area contributed by atoms with Gasteiger partial charge in [-0.05, 0) is 30.3 Å². The number of hydrogen-bond donors (Lipinski definition) is 2. The predicted octanol–water partition coefficient (Wildman–Crippen LogP) is 2.45. The van der Waals surface area contributed by atoms with Crippen molar-refractivity contribution in [2.24, 2.45) is 5.73 Å². The van der Waals surface area contributed by atoms with Crippen molar-refractivity contribution >= 4 is 5.91 Å². The molecule has 0 spiro atoms. The second-order valence-corrected chi connectivity index (χ2v) is 4.02. The second kappa shape index (κ2) is 5.31. The van der Waals surface area contributed by atoms with Crippen LogP contribution in [0.3, 0.4) is 0 Å². The summed E-state index contributed by atoms with van der Waals surface area (Å²) in [5.41, 5.74) is 5.30. The van der Waals surface area contributed by atoms with Crippen LogP contribution in [-0.2, 0) is 0 Å². The first kappa shape index (κ1) is 14.6. The van der Waals surface area contributed by atoms with Crippen molar-refractivity contribution in [2.45, 2.75) is 6.36 Å². The first-order chi connectivity index (χ1) is 9.76. The van der Waals surface area contributed by atoms with E-state index in [1.54, 1.807) is 0 Å². The fourth-order valence-electron chi connectivity index (χ4n) is 1.65. The van der Waals surface area contributed by atoms with Crippen molar-refractivity contribution in [2.75, 3.05) is 0 Å². The van der Waals surface area contributed by atoms with Crippen LogP contribution in [0.25, 0.3) is 11.3 Å². The molecule has 1 aromatic heterocycles. The van der Waals surface area contributed by atoms with E-state index in [0.29, 0.717) is 0 Å². The van der Waals surface area contributed by atoms with Crippen LogP contribution < -0.4 is 10.5 Å². The van der Waals surface area contributed by atoms with E-state index in [0.717, 1.165) is 18.2 Å². The van der Waals surface area contributed by atoms with Crippen LogP contribution in [0, 0.1) is 0 Å². The standard InChI is InChI=1S/C13H9F3N2O3/c14-13(15,16)21-8-1-2-11(19)9(6-8)10-5-7(12(17)20)3-4-18-10/h1-6,19H,(H2,17,20). The molecule has 1 amide bonds. The topological polar surface area (TPSA) is 85.4 Å². The molecule has 21 heavy (non-hydrogen) atoms. The van der Waals surface area contributed by atoms with E-state index in [1.807, 2.05) is 0 Å². The van der Waals surface area contributed by atoms with Gasteiger partial charge in [0, 0.05) is 17.3 Å². The Hall–Kier alpha value is -2.77. The minimum Gasteiger partial charge on any atom is -0.507 e. The molecule has 0 saturated carbocycles. The highest BCUT2D eigenvalue weighted by molar-refractivity contribution is 5.93. The van der Waals surface area contributed by atoms with Crippen molar-refractivity contribution in [3.8, 4) is 22.8 Å². The minimum atomic E-state index is -4.85. The third-order valence-corrected chi connectivity index (χ3v) is 2.52. The van der Waals surface area contributed by atoms with E-state index in [9.17, 15) is 23.1 Å². The van der Waals surface area contributed by atoms with Crippen molar-refractivity contribution in [1.82, 2.24) is 4.98 Å². The van der Waals surface area contributed by atoms with E-state index < -0.39 is 18.0 Å². The Morgan fingerprint density at radius 3 is 2.57 bits per heavy atom. The molecule has 0 fully saturated rings. The van der Waals surface area contributed by atoms with Gasteiger partial charge in [-0.1, -0.05) is 0 Å². The number of ether oxygens (including phenoxy) is 1. The molecule has 2 aromatic rings. The molecule has 0 aliphatic heterocycles. The molecule has 8 heteroatoms. The largest absolute Gasteiger partial charge is 0.573 e. The molecule has 110 valence electrons. The third-order valence-electron chi connectivity index (χ3n) is 2.52. The summed E-state index contributed by atoms with van der Waals surface area (Å²) in [5.74, 6) is -1.54. The number of primary amides is 1. The highest BCUT2D eigenvalue weighted by Crippen LogP contribution is 2.33. The van der Waals surface area contributed by atoms with Gasteiger partial charge < -0.3 is 15.6 Å². The van der Waals surface area contributed by atoms with Gasteiger partial charge in [0.1, 0.15) is 11.5 Å². The van der Waals surface area contributed by atoms with E-state index in [1.165, 1.54) is 18.3 Å². The van der Waals surface area contributed by atoms with Crippen LogP contribution in [0.15, 0.2) is 36.5 Å². The highest BCUT2D eigenvalue weighted by Gasteiger charge is 2.31. The Bertz CT molecular complexity index is 687. The Kier molecular flexibility index (Phi) is 3.70. The second-order valence-electron chi connectivity index (χ2n) is 4.02. The summed E-state index contributed by atoms with van der Waals surface area (Å²) in [6, 6.07) is 5.57. The number of carbonyl (C=O) groups is 1. The van der Waals surface area contributed by atoms with Gasteiger partial charge in [0.25, 0.3) is 0 Å². The lowest BCUT2D eigenvalue weighted by atomic mass is 10.1. The maximum atomic E-state index is 12.2. The number of phenolic OH excluding ortho intramolecular Hbond substituents is 1. The van der Waals surface area contributed by atoms with Crippen LogP contribution in [-0.4, -0.2) is 22.4 Å². The molecule has 0 bridgehead atoms. The van der Waals surface area contributed by atoms with Gasteiger partial charge in [-0.3, -0.25) is 9.78 Å². The number of carbonyl (C=O) groups excluding carboxylic acids is 1. The predicted molar refractivity (Wildman–Crippen MR) is 66.5 cm³/mol. The number of benzene rings is 1. The Morgan fingerprint density at radius 1 is 1.24 bits per heavy atom. The first-order valence-electron chi connectivity index (χ1n) is 5.61. The quantitative estimate of drug-likeness (QED) is 0.911. The normalized spacial score (nSPS) is 11.2. The molecule has 5 nitrogen and oxygen atoms in total. The van der Waals surface area contributed by atoms with Gasteiger partial charge in [0.05, 0.1) is 5.69 Å². The van der Waals surface area contributed by atoms with E-state index in [2.05, 4.69) is 9.72 Å². The maximum Gasteiger partial charge on any atom is 0.573 e. The number of hydrogen-bond acceptors (Lipinski definition) is 4. The van der Waals surface area contributed by atoms with Crippen LogP contribution >= 0.6 is 0 Å². The summed E-state index contributed by atoms with van der Waals surface area (Å²) in [6.45, 7) is 0. The lowest BCUT2D eigenvalue weighted by Gasteiger charge is -2.11. The van der Waals surface area contributed by atoms with Gasteiger partial charge in [-0.25, -0.2) is 0 Å². The van der Waals surface area contributed by atoms with E-state index >= 15 is 0 Å². The number of halogens is 3. The minimum absolute atomic E-state index is 0.0140. The zero-order valence-corrected chi connectivity index (χ0v) is 10.4. The molecule has 2 rings (SSSR count). The molecule has 0 aliphatic rings. The number of amides is 1. The number of phenols is 1. The molecule has 1 heterocycles. The maximum absolute atomic E-state index is 12.2. The summed E-state index contributed by atoms with van der Waals surface area (Å²) < 4.78 is 40.3. The third kappa shape index (κ3) is 3.62. The molecule has 0 saturated heterocycles. The SMILES string of the molecule is NC(=O)c1ccnc(-c2cc(OC(F)(F)F)ccc2O)c1. The fourth-order valence-corrected chi connectivity index (χ4v) is 1.65. The molecule has 1 aromatic carbocycles. The summed E-state index contributed by atoms with van der Waals surface area (Å²) in [6.07, 6.45) is -3.59. The smallest absolute Gasteiger partial charge is 0.507 e. The van der Waals surface area contributed by atoms with Crippen LogP contribution in [0.5, 0.6) is 11.5 Å². The summed E-state index contributed by atoms with van der Waals surface area (Å²) in [5, 5.41) is 9.72. The summed E-state index contributed by atoms with van der Waals surface area (Å²) >= 11 is 0. The lowest BCUT2D eigenvalue weighted by molar-refractivity contribution is -0.274. The summed E-state index contributed by atoms with van der Waals surface area (Å²) in [4.78, 5) is 15.0. The van der Waals surface area contributed by atoms with Gasteiger partial charge in [0.2, 0.25) is 5.91 Å².